The van der Waals surface area contributed by atoms with Crippen LogP contribution in [-0.2, 0) is 0 Å². The first-order valence-electron chi connectivity index (χ1n) is 5.27. The molecule has 0 aliphatic heterocycles. The van der Waals surface area contributed by atoms with Crippen LogP contribution in [0, 0.1) is 12.8 Å². The molecule has 0 radical (unpaired) electrons. The van der Waals surface area contributed by atoms with E-state index in [-0.39, 0.29) is 0 Å². The minimum Gasteiger partial charge on any atom is -0.390 e. The maximum absolute atomic E-state index is 9.84. The molecule has 1 aliphatic carbocycles. The van der Waals surface area contributed by atoms with Crippen molar-refractivity contribution in [1.82, 2.24) is 0 Å². The Bertz CT molecular complexity index is 318. The number of rotatable bonds is 2. The van der Waals surface area contributed by atoms with E-state index in [9.17, 15) is 5.11 Å². The fourth-order valence-corrected chi connectivity index (χ4v) is 2.16. The molecule has 1 saturated carbocycles. The van der Waals surface area contributed by atoms with E-state index >= 15 is 0 Å². The van der Waals surface area contributed by atoms with Gasteiger partial charge in [0.1, 0.15) is 0 Å². The standard InChI is InChI=1S/C13H18O/c1-9-4-6-10(7-5-9)11-8-12(11)13(2,3)14/h4-7,11-12,14H,8H2,1-3H3/t11-,12+/m1/s1. The molecule has 0 saturated heterocycles. The first-order chi connectivity index (χ1) is 6.48. The highest BCUT2D eigenvalue weighted by molar-refractivity contribution is 5.30. The molecular formula is C13H18O. The van der Waals surface area contributed by atoms with Gasteiger partial charge in [0, 0.05) is 0 Å². The van der Waals surface area contributed by atoms with Crippen LogP contribution >= 0.6 is 0 Å². The highest BCUT2D eigenvalue weighted by atomic mass is 16.3. The Morgan fingerprint density at radius 2 is 1.79 bits per heavy atom. The van der Waals surface area contributed by atoms with Crippen LogP contribution in [0.5, 0.6) is 0 Å². The summed E-state index contributed by atoms with van der Waals surface area (Å²) in [5.41, 5.74) is 2.16. The van der Waals surface area contributed by atoms with Crippen molar-refractivity contribution in [2.24, 2.45) is 5.92 Å². The molecule has 0 bridgehead atoms. The Labute approximate surface area is 85.8 Å². The van der Waals surface area contributed by atoms with Crippen LogP contribution in [0.1, 0.15) is 37.3 Å². The highest BCUT2D eigenvalue weighted by Gasteiger charge is 2.47. The topological polar surface area (TPSA) is 20.2 Å². The van der Waals surface area contributed by atoms with E-state index < -0.39 is 5.60 Å². The zero-order chi connectivity index (χ0) is 10.3. The first kappa shape index (κ1) is 9.72. The third kappa shape index (κ3) is 1.83. The summed E-state index contributed by atoms with van der Waals surface area (Å²) < 4.78 is 0. The Kier molecular flexibility index (Phi) is 2.15. The molecule has 1 aromatic carbocycles. The van der Waals surface area contributed by atoms with Gasteiger partial charge in [-0.25, -0.2) is 0 Å². The van der Waals surface area contributed by atoms with Crippen molar-refractivity contribution in [3.8, 4) is 0 Å². The molecule has 2 atom stereocenters. The van der Waals surface area contributed by atoms with Gasteiger partial charge in [-0.15, -0.1) is 0 Å². The van der Waals surface area contributed by atoms with Crippen LogP contribution in [0.15, 0.2) is 24.3 Å². The second-order valence-electron chi connectivity index (χ2n) is 5.01. The molecule has 1 aliphatic rings. The Morgan fingerprint density at radius 1 is 1.21 bits per heavy atom. The number of benzene rings is 1. The summed E-state index contributed by atoms with van der Waals surface area (Å²) in [6.07, 6.45) is 1.13. The van der Waals surface area contributed by atoms with Crippen LogP contribution in [0.4, 0.5) is 0 Å². The van der Waals surface area contributed by atoms with Gasteiger partial charge in [0.25, 0.3) is 0 Å². The summed E-state index contributed by atoms with van der Waals surface area (Å²) in [4.78, 5) is 0. The fourth-order valence-electron chi connectivity index (χ4n) is 2.16. The van der Waals surface area contributed by atoms with Crippen molar-refractivity contribution in [2.45, 2.75) is 38.7 Å². The van der Waals surface area contributed by atoms with Crippen LogP contribution in [0.25, 0.3) is 0 Å². The lowest BCUT2D eigenvalue weighted by Gasteiger charge is -2.16. The molecule has 76 valence electrons. The monoisotopic (exact) mass is 190 g/mol. The molecule has 0 spiro atoms. The van der Waals surface area contributed by atoms with E-state index in [0.29, 0.717) is 11.8 Å². The van der Waals surface area contributed by atoms with E-state index in [4.69, 9.17) is 0 Å². The molecular weight excluding hydrogens is 172 g/mol. The van der Waals surface area contributed by atoms with Crippen LogP contribution < -0.4 is 0 Å². The first-order valence-corrected chi connectivity index (χ1v) is 5.27. The van der Waals surface area contributed by atoms with Gasteiger partial charge < -0.3 is 5.11 Å². The summed E-state index contributed by atoms with van der Waals surface area (Å²) >= 11 is 0. The summed E-state index contributed by atoms with van der Waals surface area (Å²) in [6.45, 7) is 5.92. The maximum Gasteiger partial charge on any atom is 0.0625 e. The van der Waals surface area contributed by atoms with Gasteiger partial charge in [0.15, 0.2) is 0 Å². The average Bonchev–Trinajstić information content (AvgIpc) is 2.83. The zero-order valence-electron chi connectivity index (χ0n) is 9.12. The summed E-state index contributed by atoms with van der Waals surface area (Å²) in [5.74, 6) is 1.03. The largest absolute Gasteiger partial charge is 0.390 e. The predicted molar refractivity (Wildman–Crippen MR) is 58.3 cm³/mol. The fraction of sp³-hybridized carbons (Fsp3) is 0.538. The van der Waals surface area contributed by atoms with E-state index in [2.05, 4.69) is 31.2 Å². The number of hydrogen-bond donors (Lipinski definition) is 1. The summed E-state index contributed by atoms with van der Waals surface area (Å²) in [7, 11) is 0. The quantitative estimate of drug-likeness (QED) is 0.760. The highest BCUT2D eigenvalue weighted by Crippen LogP contribution is 2.53. The van der Waals surface area contributed by atoms with Gasteiger partial charge in [-0.3, -0.25) is 0 Å². The van der Waals surface area contributed by atoms with Gasteiger partial charge in [0.2, 0.25) is 0 Å². The Balaban J connectivity index is 2.10. The smallest absolute Gasteiger partial charge is 0.0625 e. The maximum atomic E-state index is 9.84. The average molecular weight is 190 g/mol. The lowest BCUT2D eigenvalue weighted by molar-refractivity contribution is 0.0546. The molecule has 0 heterocycles. The third-order valence-electron chi connectivity index (χ3n) is 3.20. The molecule has 1 N–H and O–H groups in total. The van der Waals surface area contributed by atoms with Crippen molar-refractivity contribution < 1.29 is 5.11 Å². The van der Waals surface area contributed by atoms with Crippen molar-refractivity contribution in [2.75, 3.05) is 0 Å². The van der Waals surface area contributed by atoms with Gasteiger partial charge in [-0.05, 0) is 44.6 Å². The number of aliphatic hydroxyl groups is 1. The lowest BCUT2D eigenvalue weighted by atomic mass is 9.98. The van der Waals surface area contributed by atoms with E-state index in [1.807, 2.05) is 13.8 Å². The van der Waals surface area contributed by atoms with Gasteiger partial charge >= 0.3 is 0 Å². The van der Waals surface area contributed by atoms with Crippen molar-refractivity contribution >= 4 is 0 Å². The van der Waals surface area contributed by atoms with E-state index in [1.165, 1.54) is 11.1 Å². The molecule has 1 heteroatoms. The summed E-state index contributed by atoms with van der Waals surface area (Å²) in [5, 5.41) is 9.84. The molecule has 0 aromatic heterocycles. The predicted octanol–water partition coefficient (Wildman–Crippen LogP) is 2.87. The minimum absolute atomic E-state index is 0.449. The van der Waals surface area contributed by atoms with Crippen LogP contribution in [0.3, 0.4) is 0 Å². The van der Waals surface area contributed by atoms with Gasteiger partial charge in [-0.1, -0.05) is 29.8 Å². The molecule has 14 heavy (non-hydrogen) atoms. The van der Waals surface area contributed by atoms with Crippen LogP contribution in [0.2, 0.25) is 0 Å². The Morgan fingerprint density at radius 3 is 2.21 bits per heavy atom. The zero-order valence-corrected chi connectivity index (χ0v) is 9.12. The molecule has 1 aromatic rings. The Hall–Kier alpha value is -0.820. The second-order valence-corrected chi connectivity index (χ2v) is 5.01. The van der Waals surface area contributed by atoms with Gasteiger partial charge in [0.05, 0.1) is 5.60 Å². The summed E-state index contributed by atoms with van der Waals surface area (Å²) in [6, 6.07) is 8.67. The molecule has 2 rings (SSSR count). The SMILES string of the molecule is Cc1ccc([C@H]2C[C@@H]2C(C)(C)O)cc1. The molecule has 0 unspecified atom stereocenters. The van der Waals surface area contributed by atoms with Crippen molar-refractivity contribution in [1.29, 1.82) is 0 Å². The minimum atomic E-state index is -0.518. The van der Waals surface area contributed by atoms with Crippen LogP contribution in [-0.4, -0.2) is 10.7 Å². The van der Waals surface area contributed by atoms with Crippen molar-refractivity contribution in [3.05, 3.63) is 35.4 Å². The molecule has 1 nitrogen and oxygen atoms in total. The second kappa shape index (κ2) is 3.09. The third-order valence-corrected chi connectivity index (χ3v) is 3.20. The molecule has 0 amide bonds. The van der Waals surface area contributed by atoms with Crippen molar-refractivity contribution in [3.63, 3.8) is 0 Å². The lowest BCUT2D eigenvalue weighted by Crippen LogP contribution is -2.22. The molecule has 1 fully saturated rings. The van der Waals surface area contributed by atoms with E-state index in [1.54, 1.807) is 0 Å². The normalized spacial score (nSPS) is 26.3. The number of aryl methyl sites for hydroxylation is 1. The van der Waals surface area contributed by atoms with E-state index in [0.717, 1.165) is 6.42 Å². The van der Waals surface area contributed by atoms with Gasteiger partial charge in [-0.2, -0.15) is 0 Å². The number of hydrogen-bond acceptors (Lipinski definition) is 1.